The lowest BCUT2D eigenvalue weighted by Gasteiger charge is -2.20. The van der Waals surface area contributed by atoms with Crippen molar-refractivity contribution in [1.82, 2.24) is 5.32 Å². The Morgan fingerprint density at radius 2 is 2.08 bits per heavy atom. The first kappa shape index (κ1) is 11.2. The zero-order valence-corrected chi connectivity index (χ0v) is 10.3. The molecule has 1 rings (SSSR count). The highest BCUT2D eigenvalue weighted by molar-refractivity contribution is 6.27. The monoisotopic (exact) mass is 201 g/mol. The molecule has 0 saturated heterocycles. The van der Waals surface area contributed by atoms with Crippen molar-refractivity contribution < 1.29 is 4.43 Å². The van der Waals surface area contributed by atoms with Gasteiger partial charge in [-0.2, -0.15) is 0 Å². The zero-order valence-electron chi connectivity index (χ0n) is 8.85. The molecule has 0 amide bonds. The third-order valence-corrected chi connectivity index (χ3v) is 4.39. The molecule has 13 heavy (non-hydrogen) atoms. The minimum Gasteiger partial charge on any atom is -0.411 e. The maximum absolute atomic E-state index is 5.60. The highest BCUT2D eigenvalue weighted by Gasteiger charge is 2.12. The Morgan fingerprint density at radius 3 is 2.77 bits per heavy atom. The van der Waals surface area contributed by atoms with E-state index in [0.29, 0.717) is 0 Å². The highest BCUT2D eigenvalue weighted by Crippen LogP contribution is 2.26. The second-order valence-corrected chi connectivity index (χ2v) is 5.34. The van der Waals surface area contributed by atoms with Crippen molar-refractivity contribution >= 4 is 9.76 Å². The summed E-state index contributed by atoms with van der Waals surface area (Å²) < 4.78 is 5.60. The Bertz CT molecular complexity index is 115. The van der Waals surface area contributed by atoms with Crippen LogP contribution in [0.5, 0.6) is 0 Å². The molecule has 0 aliphatic heterocycles. The molecule has 0 heterocycles. The molecule has 0 atom stereocenters. The van der Waals surface area contributed by atoms with E-state index < -0.39 is 0 Å². The summed E-state index contributed by atoms with van der Waals surface area (Å²) in [5.41, 5.74) is 0. The Kier molecular flexibility index (Phi) is 6.50. The Balaban J connectivity index is 1.86. The summed E-state index contributed by atoms with van der Waals surface area (Å²) in [6.07, 6.45) is 7.34. The van der Waals surface area contributed by atoms with E-state index in [0.717, 1.165) is 19.2 Å². The largest absolute Gasteiger partial charge is 0.411 e. The average molecular weight is 201 g/mol. The predicted molar refractivity (Wildman–Crippen MR) is 59.6 cm³/mol. The lowest BCUT2D eigenvalue weighted by Crippen LogP contribution is -2.20. The quantitative estimate of drug-likeness (QED) is 0.401. The van der Waals surface area contributed by atoms with Crippen LogP contribution in [-0.2, 0) is 4.43 Å². The average Bonchev–Trinajstić information content (AvgIpc) is 2.19. The summed E-state index contributed by atoms with van der Waals surface area (Å²) >= 11 is 0. The fourth-order valence-electron chi connectivity index (χ4n) is 1.97. The van der Waals surface area contributed by atoms with E-state index in [2.05, 4.69) is 12.2 Å². The molecule has 0 aromatic heterocycles. The van der Waals surface area contributed by atoms with Gasteiger partial charge in [-0.05, 0) is 18.5 Å². The van der Waals surface area contributed by atoms with Crippen LogP contribution in [-0.4, -0.2) is 23.0 Å². The molecule has 0 aromatic rings. The summed E-state index contributed by atoms with van der Waals surface area (Å²) in [6.45, 7) is 3.93. The molecule has 1 fully saturated rings. The van der Waals surface area contributed by atoms with Crippen LogP contribution in [0, 0.1) is 5.92 Å². The van der Waals surface area contributed by atoms with E-state index in [9.17, 15) is 0 Å². The van der Waals surface area contributed by atoms with Crippen LogP contribution in [0.4, 0.5) is 0 Å². The summed E-state index contributed by atoms with van der Waals surface area (Å²) in [7, 11) is -0.216. The number of hydrogen-bond donors (Lipinski definition) is 1. The van der Waals surface area contributed by atoms with Crippen LogP contribution in [0.3, 0.4) is 0 Å². The molecule has 1 saturated carbocycles. The fourth-order valence-corrected chi connectivity index (χ4v) is 3.34. The maximum atomic E-state index is 5.60. The van der Waals surface area contributed by atoms with Gasteiger partial charge in [-0.1, -0.05) is 39.0 Å². The summed E-state index contributed by atoms with van der Waals surface area (Å²) in [5.74, 6) is 1.02. The van der Waals surface area contributed by atoms with Crippen molar-refractivity contribution in [2.75, 3.05) is 13.3 Å². The van der Waals surface area contributed by atoms with Gasteiger partial charge < -0.3 is 4.43 Å². The molecule has 1 aliphatic rings. The van der Waals surface area contributed by atoms with Gasteiger partial charge in [-0.3, -0.25) is 5.32 Å². The molecule has 0 radical (unpaired) electrons. The second kappa shape index (κ2) is 7.53. The summed E-state index contributed by atoms with van der Waals surface area (Å²) in [4.78, 5) is 0. The molecule has 0 spiro atoms. The van der Waals surface area contributed by atoms with Crippen molar-refractivity contribution in [2.45, 2.75) is 45.1 Å². The summed E-state index contributed by atoms with van der Waals surface area (Å²) in [5, 5.41) is 3.20. The van der Waals surface area contributed by atoms with E-state index in [1.54, 1.807) is 0 Å². The van der Waals surface area contributed by atoms with Gasteiger partial charge in [0.1, 0.15) is 0 Å². The lowest BCUT2D eigenvalue weighted by molar-refractivity contribution is 0.291. The van der Waals surface area contributed by atoms with E-state index >= 15 is 0 Å². The Morgan fingerprint density at radius 1 is 1.31 bits per heavy atom. The maximum Gasteiger partial charge on any atom is 0.163 e. The molecule has 1 N–H and O–H groups in total. The van der Waals surface area contributed by atoms with Gasteiger partial charge in [0.2, 0.25) is 0 Å². The second-order valence-electron chi connectivity index (χ2n) is 3.95. The first-order valence-electron chi connectivity index (χ1n) is 5.72. The summed E-state index contributed by atoms with van der Waals surface area (Å²) in [6, 6.07) is 1.41. The predicted octanol–water partition coefficient (Wildman–Crippen LogP) is 1.65. The third kappa shape index (κ3) is 5.44. The molecule has 0 aromatic carbocycles. The smallest absolute Gasteiger partial charge is 0.163 e. The SMILES string of the molecule is CCNCO[SiH2]CC1CCCCC1. The molecule has 1 aliphatic carbocycles. The van der Waals surface area contributed by atoms with Crippen molar-refractivity contribution in [2.24, 2.45) is 5.92 Å². The van der Waals surface area contributed by atoms with Gasteiger partial charge in [0, 0.05) is 0 Å². The first-order valence-corrected chi connectivity index (χ1v) is 7.29. The van der Waals surface area contributed by atoms with Gasteiger partial charge in [0.15, 0.2) is 9.76 Å². The van der Waals surface area contributed by atoms with Crippen LogP contribution in [0.1, 0.15) is 39.0 Å². The first-order chi connectivity index (χ1) is 6.43. The van der Waals surface area contributed by atoms with Crippen LogP contribution < -0.4 is 5.32 Å². The van der Waals surface area contributed by atoms with E-state index in [1.807, 2.05) is 0 Å². The Hall–Kier alpha value is 0.137. The highest BCUT2D eigenvalue weighted by atomic mass is 28.2. The number of rotatable bonds is 6. The molecule has 78 valence electrons. The third-order valence-electron chi connectivity index (χ3n) is 2.85. The van der Waals surface area contributed by atoms with E-state index in [-0.39, 0.29) is 9.76 Å². The normalized spacial score (nSPS) is 20.1. The molecular formula is C10H23NOSi. The Labute approximate surface area is 84.4 Å². The van der Waals surface area contributed by atoms with Crippen LogP contribution >= 0.6 is 0 Å². The number of nitrogens with one attached hydrogen (secondary N) is 1. The van der Waals surface area contributed by atoms with E-state index in [1.165, 1.54) is 38.1 Å². The standard InChI is InChI=1S/C10H23NOSi/c1-2-11-9-12-13-8-10-6-4-3-5-7-10/h10-11H,2-9,13H2,1H3. The van der Waals surface area contributed by atoms with Crippen LogP contribution in [0.25, 0.3) is 0 Å². The number of hydrogen-bond acceptors (Lipinski definition) is 2. The van der Waals surface area contributed by atoms with Crippen LogP contribution in [0.15, 0.2) is 0 Å². The molecule has 0 unspecified atom stereocenters. The van der Waals surface area contributed by atoms with Gasteiger partial charge in [0.25, 0.3) is 0 Å². The molecule has 2 nitrogen and oxygen atoms in total. The van der Waals surface area contributed by atoms with Crippen molar-refractivity contribution in [3.05, 3.63) is 0 Å². The minimum atomic E-state index is -0.216. The fraction of sp³-hybridized carbons (Fsp3) is 1.00. The molecule has 0 bridgehead atoms. The van der Waals surface area contributed by atoms with E-state index in [4.69, 9.17) is 4.43 Å². The van der Waals surface area contributed by atoms with Gasteiger partial charge in [-0.25, -0.2) is 0 Å². The van der Waals surface area contributed by atoms with Crippen molar-refractivity contribution in [1.29, 1.82) is 0 Å². The lowest BCUT2D eigenvalue weighted by atomic mass is 9.91. The van der Waals surface area contributed by atoms with Gasteiger partial charge in [0.05, 0.1) is 6.73 Å². The van der Waals surface area contributed by atoms with Crippen molar-refractivity contribution in [3.63, 3.8) is 0 Å². The van der Waals surface area contributed by atoms with Gasteiger partial charge in [-0.15, -0.1) is 0 Å². The van der Waals surface area contributed by atoms with Gasteiger partial charge >= 0.3 is 0 Å². The zero-order chi connectivity index (χ0) is 9.36. The van der Waals surface area contributed by atoms with Crippen molar-refractivity contribution in [3.8, 4) is 0 Å². The van der Waals surface area contributed by atoms with Crippen LogP contribution in [0.2, 0.25) is 6.04 Å². The molecular weight excluding hydrogens is 178 g/mol. The minimum absolute atomic E-state index is 0.216. The molecule has 3 heteroatoms. The topological polar surface area (TPSA) is 21.3 Å².